The van der Waals surface area contributed by atoms with E-state index >= 15 is 0 Å². The molecule has 2 rings (SSSR count). The van der Waals surface area contributed by atoms with Crippen molar-refractivity contribution in [2.24, 2.45) is 0 Å². The Hall–Kier alpha value is -2.54. The van der Waals surface area contributed by atoms with Gasteiger partial charge in [0.2, 0.25) is 5.91 Å². The summed E-state index contributed by atoms with van der Waals surface area (Å²) in [6.45, 7) is 3.94. The van der Waals surface area contributed by atoms with E-state index in [1.165, 1.54) is 24.1 Å². The molecule has 1 heterocycles. The van der Waals surface area contributed by atoms with Gasteiger partial charge in [-0.05, 0) is 25.0 Å². The number of halogens is 1. The van der Waals surface area contributed by atoms with E-state index in [1.807, 2.05) is 6.92 Å². The van der Waals surface area contributed by atoms with Gasteiger partial charge in [0, 0.05) is 31.1 Å². The average molecular weight is 381 g/mol. The fourth-order valence-electron chi connectivity index (χ4n) is 2.30. The molecule has 26 heavy (non-hydrogen) atoms. The highest BCUT2D eigenvalue weighted by Gasteiger charge is 2.15. The number of ether oxygens (including phenoxy) is 1. The second-order valence-electron chi connectivity index (χ2n) is 5.92. The SMILES string of the molecule is CCCNC(=O)CN(C)C(=O)COc1cc2oc(=O)cc(C)c2cc1Cl. The highest BCUT2D eigenvalue weighted by Crippen LogP contribution is 2.30. The van der Waals surface area contributed by atoms with Crippen molar-refractivity contribution in [1.29, 1.82) is 0 Å². The standard InChI is InChI=1S/C18H21ClN2O5/c1-4-5-20-16(22)9-21(3)17(23)10-25-15-8-14-12(7-13(15)19)11(2)6-18(24)26-14/h6-8H,4-5,9-10H2,1-3H3,(H,20,22). The summed E-state index contributed by atoms with van der Waals surface area (Å²) < 4.78 is 10.6. The lowest BCUT2D eigenvalue weighted by molar-refractivity contribution is -0.136. The van der Waals surface area contributed by atoms with Gasteiger partial charge in [0.15, 0.2) is 6.61 Å². The number of carbonyl (C=O) groups is 2. The minimum Gasteiger partial charge on any atom is -0.482 e. The molecular weight excluding hydrogens is 360 g/mol. The number of hydrogen-bond acceptors (Lipinski definition) is 5. The maximum absolute atomic E-state index is 12.1. The van der Waals surface area contributed by atoms with E-state index in [0.717, 1.165) is 12.0 Å². The Morgan fingerprint density at radius 2 is 2.04 bits per heavy atom. The quantitative estimate of drug-likeness (QED) is 0.743. The Bertz CT molecular complexity index is 878. The molecule has 7 nitrogen and oxygen atoms in total. The molecule has 0 atom stereocenters. The first kappa shape index (κ1) is 19.8. The Labute approximate surface area is 155 Å². The number of aryl methyl sites for hydroxylation is 1. The average Bonchev–Trinajstić information content (AvgIpc) is 2.58. The van der Waals surface area contributed by atoms with Crippen molar-refractivity contribution in [1.82, 2.24) is 10.2 Å². The summed E-state index contributed by atoms with van der Waals surface area (Å²) in [6.07, 6.45) is 0.822. The summed E-state index contributed by atoms with van der Waals surface area (Å²) in [4.78, 5) is 36.5. The predicted molar refractivity (Wildman–Crippen MR) is 98.7 cm³/mol. The Morgan fingerprint density at radius 3 is 2.73 bits per heavy atom. The molecule has 0 fully saturated rings. The molecule has 0 aliphatic rings. The lowest BCUT2D eigenvalue weighted by Gasteiger charge is -2.17. The van der Waals surface area contributed by atoms with E-state index in [0.29, 0.717) is 22.5 Å². The zero-order valence-electron chi connectivity index (χ0n) is 14.9. The van der Waals surface area contributed by atoms with Crippen molar-refractivity contribution >= 4 is 34.4 Å². The normalized spacial score (nSPS) is 10.6. The van der Waals surface area contributed by atoms with Crippen LogP contribution in [-0.4, -0.2) is 43.5 Å². The fourth-order valence-corrected chi connectivity index (χ4v) is 2.52. The smallest absolute Gasteiger partial charge is 0.336 e. The summed E-state index contributed by atoms with van der Waals surface area (Å²) in [6, 6.07) is 4.48. The highest BCUT2D eigenvalue weighted by molar-refractivity contribution is 6.32. The van der Waals surface area contributed by atoms with E-state index in [4.69, 9.17) is 20.8 Å². The maximum atomic E-state index is 12.1. The van der Waals surface area contributed by atoms with Crippen molar-refractivity contribution in [3.63, 3.8) is 0 Å². The van der Waals surface area contributed by atoms with Gasteiger partial charge in [-0.3, -0.25) is 9.59 Å². The summed E-state index contributed by atoms with van der Waals surface area (Å²) in [5.74, 6) is -0.382. The second kappa shape index (κ2) is 8.71. The molecule has 2 amide bonds. The van der Waals surface area contributed by atoms with Gasteiger partial charge in [-0.2, -0.15) is 0 Å². The van der Waals surface area contributed by atoms with Crippen LogP contribution < -0.4 is 15.7 Å². The molecule has 1 aromatic heterocycles. The molecule has 1 N–H and O–H groups in total. The molecule has 0 unspecified atom stereocenters. The summed E-state index contributed by atoms with van der Waals surface area (Å²) in [5, 5.41) is 3.68. The number of fused-ring (bicyclic) bond motifs is 1. The van der Waals surface area contributed by atoms with Crippen LogP contribution in [0.15, 0.2) is 27.4 Å². The van der Waals surface area contributed by atoms with E-state index in [2.05, 4.69) is 5.32 Å². The van der Waals surface area contributed by atoms with Crippen LogP contribution in [0.4, 0.5) is 0 Å². The van der Waals surface area contributed by atoms with E-state index in [-0.39, 0.29) is 30.7 Å². The third-order valence-corrected chi connectivity index (χ3v) is 4.03. The van der Waals surface area contributed by atoms with Crippen LogP contribution in [0, 0.1) is 6.92 Å². The van der Waals surface area contributed by atoms with Gasteiger partial charge in [0.25, 0.3) is 5.91 Å². The predicted octanol–water partition coefficient (Wildman–Crippen LogP) is 2.12. The molecule has 8 heteroatoms. The maximum Gasteiger partial charge on any atom is 0.336 e. The summed E-state index contributed by atoms with van der Waals surface area (Å²) >= 11 is 6.19. The topological polar surface area (TPSA) is 88.8 Å². The van der Waals surface area contributed by atoms with Crippen LogP contribution in [0.25, 0.3) is 11.0 Å². The van der Waals surface area contributed by atoms with E-state index < -0.39 is 5.63 Å². The third-order valence-electron chi connectivity index (χ3n) is 3.73. The van der Waals surface area contributed by atoms with Crippen LogP contribution in [0.1, 0.15) is 18.9 Å². The first-order valence-electron chi connectivity index (χ1n) is 8.19. The molecule has 0 aliphatic heterocycles. The Kier molecular flexibility index (Phi) is 6.63. The number of carbonyl (C=O) groups excluding carboxylic acids is 2. The molecule has 0 radical (unpaired) electrons. The van der Waals surface area contributed by atoms with Crippen LogP contribution in [0.5, 0.6) is 5.75 Å². The van der Waals surface area contributed by atoms with Crippen LogP contribution in [0.2, 0.25) is 5.02 Å². The lowest BCUT2D eigenvalue weighted by atomic mass is 10.1. The number of nitrogens with zero attached hydrogens (tertiary/aromatic N) is 1. The monoisotopic (exact) mass is 380 g/mol. The van der Waals surface area contributed by atoms with Gasteiger partial charge in [-0.1, -0.05) is 18.5 Å². The zero-order chi connectivity index (χ0) is 19.3. The number of amides is 2. The van der Waals surface area contributed by atoms with E-state index in [9.17, 15) is 14.4 Å². The first-order chi connectivity index (χ1) is 12.3. The fraction of sp³-hybridized carbons (Fsp3) is 0.389. The van der Waals surface area contributed by atoms with Gasteiger partial charge >= 0.3 is 5.63 Å². The largest absolute Gasteiger partial charge is 0.482 e. The third kappa shape index (κ3) is 4.98. The van der Waals surface area contributed by atoms with Gasteiger partial charge in [0.05, 0.1) is 11.6 Å². The van der Waals surface area contributed by atoms with Crippen LogP contribution in [0.3, 0.4) is 0 Å². The molecule has 140 valence electrons. The van der Waals surface area contributed by atoms with E-state index in [1.54, 1.807) is 13.0 Å². The number of nitrogens with one attached hydrogen (secondary N) is 1. The van der Waals surface area contributed by atoms with Gasteiger partial charge < -0.3 is 19.4 Å². The summed E-state index contributed by atoms with van der Waals surface area (Å²) in [7, 11) is 1.52. The lowest BCUT2D eigenvalue weighted by Crippen LogP contribution is -2.40. The van der Waals surface area contributed by atoms with Crippen molar-refractivity contribution in [2.75, 3.05) is 26.7 Å². The molecule has 2 aromatic rings. The van der Waals surface area contributed by atoms with Crippen LogP contribution >= 0.6 is 11.6 Å². The number of benzene rings is 1. The van der Waals surface area contributed by atoms with Crippen molar-refractivity contribution < 1.29 is 18.7 Å². The van der Waals surface area contributed by atoms with Crippen molar-refractivity contribution in [2.45, 2.75) is 20.3 Å². The second-order valence-corrected chi connectivity index (χ2v) is 6.32. The minimum atomic E-state index is -0.475. The number of likely N-dealkylation sites (N-methyl/N-ethyl adjacent to an activating group) is 1. The molecule has 0 spiro atoms. The van der Waals surface area contributed by atoms with Crippen LogP contribution in [-0.2, 0) is 9.59 Å². The molecule has 0 saturated carbocycles. The summed E-state index contributed by atoms with van der Waals surface area (Å²) in [5.41, 5.74) is 0.588. The molecule has 0 bridgehead atoms. The number of hydrogen-bond donors (Lipinski definition) is 1. The van der Waals surface area contributed by atoms with Gasteiger partial charge in [-0.15, -0.1) is 0 Å². The zero-order valence-corrected chi connectivity index (χ0v) is 15.7. The Balaban J connectivity index is 2.04. The molecule has 1 aromatic carbocycles. The van der Waals surface area contributed by atoms with Gasteiger partial charge in [0.1, 0.15) is 11.3 Å². The molecule has 0 aliphatic carbocycles. The van der Waals surface area contributed by atoms with Crippen molar-refractivity contribution in [3.8, 4) is 5.75 Å². The molecule has 0 saturated heterocycles. The molecular formula is C18H21ClN2O5. The number of rotatable bonds is 7. The minimum absolute atomic E-state index is 0.0539. The Morgan fingerprint density at radius 1 is 1.31 bits per heavy atom. The highest BCUT2D eigenvalue weighted by atomic mass is 35.5. The van der Waals surface area contributed by atoms with Gasteiger partial charge in [-0.25, -0.2) is 4.79 Å². The van der Waals surface area contributed by atoms with Crippen molar-refractivity contribution in [3.05, 3.63) is 39.2 Å². The first-order valence-corrected chi connectivity index (χ1v) is 8.57.